The molecule has 1 aliphatic heterocycles. The van der Waals surface area contributed by atoms with Gasteiger partial charge in [-0.25, -0.2) is 4.39 Å². The zero-order chi connectivity index (χ0) is 17.5. The van der Waals surface area contributed by atoms with Gasteiger partial charge in [-0.15, -0.1) is 0 Å². The van der Waals surface area contributed by atoms with Crippen LogP contribution in [-0.2, 0) is 9.59 Å². The summed E-state index contributed by atoms with van der Waals surface area (Å²) >= 11 is 0. The van der Waals surface area contributed by atoms with E-state index >= 15 is 0 Å². The molecule has 1 N–H and O–H groups in total. The first-order valence-corrected chi connectivity index (χ1v) is 8.50. The summed E-state index contributed by atoms with van der Waals surface area (Å²) in [6.45, 7) is 5.18. The third kappa shape index (κ3) is 4.69. The Balaban J connectivity index is 1.74. The van der Waals surface area contributed by atoms with Gasteiger partial charge in [0.1, 0.15) is 18.2 Å². The highest BCUT2D eigenvalue weighted by molar-refractivity contribution is 5.89. The van der Waals surface area contributed by atoms with Crippen LogP contribution in [0.1, 0.15) is 33.1 Å². The second kappa shape index (κ2) is 8.66. The lowest BCUT2D eigenvalue weighted by molar-refractivity contribution is -0.130. The van der Waals surface area contributed by atoms with E-state index in [0.717, 1.165) is 12.8 Å². The summed E-state index contributed by atoms with van der Waals surface area (Å²) in [5.41, 5.74) is 0. The Morgan fingerprint density at radius 2 is 2.17 bits per heavy atom. The molecule has 0 aromatic heterocycles. The van der Waals surface area contributed by atoms with Crippen molar-refractivity contribution in [3.05, 3.63) is 30.1 Å². The lowest BCUT2D eigenvalue weighted by Crippen LogP contribution is -2.38. The van der Waals surface area contributed by atoms with Crippen molar-refractivity contribution in [1.82, 2.24) is 10.2 Å². The van der Waals surface area contributed by atoms with E-state index in [2.05, 4.69) is 19.2 Å². The minimum Gasteiger partial charge on any atom is -0.492 e. The Morgan fingerprint density at radius 1 is 1.42 bits per heavy atom. The van der Waals surface area contributed by atoms with Crippen LogP contribution in [0.15, 0.2) is 24.3 Å². The van der Waals surface area contributed by atoms with Gasteiger partial charge in [0.25, 0.3) is 0 Å². The summed E-state index contributed by atoms with van der Waals surface area (Å²) in [4.78, 5) is 26.1. The molecule has 1 aromatic rings. The second-order valence-electron chi connectivity index (χ2n) is 6.01. The third-order valence-corrected chi connectivity index (χ3v) is 4.38. The summed E-state index contributed by atoms with van der Waals surface area (Å²) in [6.07, 6.45) is 2.07. The maximum absolute atomic E-state index is 13.0. The maximum atomic E-state index is 13.0. The fourth-order valence-corrected chi connectivity index (χ4v) is 3.03. The summed E-state index contributed by atoms with van der Waals surface area (Å²) in [6, 6.07) is 6.09. The van der Waals surface area contributed by atoms with Gasteiger partial charge in [0.05, 0.1) is 12.5 Å². The average Bonchev–Trinajstić information content (AvgIpc) is 2.95. The van der Waals surface area contributed by atoms with E-state index in [0.29, 0.717) is 18.8 Å². The van der Waals surface area contributed by atoms with Crippen LogP contribution in [-0.4, -0.2) is 42.5 Å². The van der Waals surface area contributed by atoms with Crippen LogP contribution in [0.2, 0.25) is 0 Å². The molecule has 1 atom stereocenters. The molecule has 0 spiro atoms. The van der Waals surface area contributed by atoms with E-state index in [9.17, 15) is 14.0 Å². The van der Waals surface area contributed by atoms with Crippen LogP contribution in [0.4, 0.5) is 4.39 Å². The number of benzene rings is 1. The van der Waals surface area contributed by atoms with E-state index < -0.39 is 0 Å². The topological polar surface area (TPSA) is 58.6 Å². The Morgan fingerprint density at radius 3 is 2.83 bits per heavy atom. The van der Waals surface area contributed by atoms with Crippen LogP contribution in [0.3, 0.4) is 0 Å². The normalized spacial score (nSPS) is 17.4. The van der Waals surface area contributed by atoms with E-state index in [1.54, 1.807) is 12.1 Å². The maximum Gasteiger partial charge on any atom is 0.225 e. The van der Waals surface area contributed by atoms with Crippen molar-refractivity contribution in [2.24, 2.45) is 5.92 Å². The van der Waals surface area contributed by atoms with Crippen molar-refractivity contribution in [3.8, 4) is 5.75 Å². The minimum atomic E-state index is -0.359. The van der Waals surface area contributed by atoms with Crippen molar-refractivity contribution in [1.29, 1.82) is 0 Å². The van der Waals surface area contributed by atoms with Crippen molar-refractivity contribution >= 4 is 11.8 Å². The molecule has 132 valence electrons. The van der Waals surface area contributed by atoms with Crippen molar-refractivity contribution in [2.75, 3.05) is 19.7 Å². The number of ether oxygens (including phenoxy) is 1. The number of nitrogens with zero attached hydrogens (tertiary/aromatic N) is 1. The molecule has 6 heteroatoms. The molecule has 1 heterocycles. The molecule has 1 fully saturated rings. The number of hydrogen-bond donors (Lipinski definition) is 1. The van der Waals surface area contributed by atoms with Crippen LogP contribution in [0, 0.1) is 11.7 Å². The van der Waals surface area contributed by atoms with Gasteiger partial charge < -0.3 is 15.0 Å². The zero-order valence-corrected chi connectivity index (χ0v) is 14.3. The molecule has 1 aromatic carbocycles. The molecule has 0 aliphatic carbocycles. The summed E-state index contributed by atoms with van der Waals surface area (Å²) in [7, 11) is 0. The lowest BCUT2D eigenvalue weighted by Gasteiger charge is -2.26. The molecule has 0 saturated carbocycles. The van der Waals surface area contributed by atoms with Crippen LogP contribution in [0.25, 0.3) is 0 Å². The van der Waals surface area contributed by atoms with Gasteiger partial charge in [-0.2, -0.15) is 0 Å². The van der Waals surface area contributed by atoms with Gasteiger partial charge >= 0.3 is 0 Å². The molecule has 0 bridgehead atoms. The number of likely N-dealkylation sites (tertiary alicyclic amines) is 1. The average molecular weight is 336 g/mol. The third-order valence-electron chi connectivity index (χ3n) is 4.38. The highest BCUT2D eigenvalue weighted by Crippen LogP contribution is 2.23. The number of rotatable bonds is 8. The largest absolute Gasteiger partial charge is 0.492 e. The van der Waals surface area contributed by atoms with Crippen molar-refractivity contribution in [3.63, 3.8) is 0 Å². The molecule has 1 saturated heterocycles. The van der Waals surface area contributed by atoms with E-state index in [1.807, 2.05) is 4.90 Å². The molecule has 1 aliphatic rings. The second-order valence-corrected chi connectivity index (χ2v) is 6.01. The van der Waals surface area contributed by atoms with E-state index in [1.165, 1.54) is 12.1 Å². The lowest BCUT2D eigenvalue weighted by atomic mass is 10.1. The van der Waals surface area contributed by atoms with Gasteiger partial charge in [-0.3, -0.25) is 9.59 Å². The first-order valence-electron chi connectivity index (χ1n) is 8.50. The summed E-state index contributed by atoms with van der Waals surface area (Å²) in [5.74, 6) is -0.297. The summed E-state index contributed by atoms with van der Waals surface area (Å²) < 4.78 is 18.4. The van der Waals surface area contributed by atoms with Gasteiger partial charge in [-0.05, 0) is 25.0 Å². The number of hydrogen-bond acceptors (Lipinski definition) is 3. The number of carbonyl (C=O) groups is 2. The molecule has 1 unspecified atom stereocenters. The van der Waals surface area contributed by atoms with Gasteiger partial charge in [0.15, 0.2) is 0 Å². The van der Waals surface area contributed by atoms with Gasteiger partial charge in [0, 0.05) is 25.1 Å². The molecule has 5 nitrogen and oxygen atoms in total. The first kappa shape index (κ1) is 18.2. The summed E-state index contributed by atoms with van der Waals surface area (Å²) in [5, 5.41) is 2.79. The highest BCUT2D eigenvalue weighted by Gasteiger charge is 2.36. The van der Waals surface area contributed by atoms with Gasteiger partial charge in [0.2, 0.25) is 11.8 Å². The fourth-order valence-electron chi connectivity index (χ4n) is 3.03. The zero-order valence-electron chi connectivity index (χ0n) is 14.3. The van der Waals surface area contributed by atoms with E-state index in [4.69, 9.17) is 4.74 Å². The minimum absolute atomic E-state index is 0.0554. The fraction of sp³-hybridized carbons (Fsp3) is 0.556. The van der Waals surface area contributed by atoms with Crippen molar-refractivity contribution < 1.29 is 18.7 Å². The predicted octanol–water partition coefficient (Wildman–Crippen LogP) is 2.36. The molecule has 0 radical (unpaired) electrons. The standard InChI is InChI=1S/C18H25FN2O3/c1-3-15(4-2)21-12-13(10-17(21)22)18(23)20-8-9-24-16-7-5-6-14(19)11-16/h5-7,11,13,15H,3-4,8-10,12H2,1-2H3,(H,20,23). The smallest absolute Gasteiger partial charge is 0.225 e. The Kier molecular flexibility index (Phi) is 6.58. The number of carbonyl (C=O) groups excluding carboxylic acids is 2. The van der Waals surface area contributed by atoms with Crippen LogP contribution in [0.5, 0.6) is 5.75 Å². The number of nitrogens with one attached hydrogen (secondary N) is 1. The van der Waals surface area contributed by atoms with Crippen LogP contribution < -0.4 is 10.1 Å². The Labute approximate surface area is 142 Å². The molecule has 2 rings (SSSR count). The highest BCUT2D eigenvalue weighted by atomic mass is 19.1. The van der Waals surface area contributed by atoms with Gasteiger partial charge in [-0.1, -0.05) is 19.9 Å². The predicted molar refractivity (Wildman–Crippen MR) is 89.1 cm³/mol. The monoisotopic (exact) mass is 336 g/mol. The quantitative estimate of drug-likeness (QED) is 0.742. The molecule has 24 heavy (non-hydrogen) atoms. The number of amides is 2. The first-order chi connectivity index (χ1) is 11.5. The molecular weight excluding hydrogens is 311 g/mol. The molecular formula is C18H25FN2O3. The van der Waals surface area contributed by atoms with Crippen molar-refractivity contribution in [2.45, 2.75) is 39.2 Å². The number of halogens is 1. The van der Waals surface area contributed by atoms with Crippen LogP contribution >= 0.6 is 0 Å². The molecule has 2 amide bonds. The Hall–Kier alpha value is -2.11. The van der Waals surface area contributed by atoms with E-state index in [-0.39, 0.29) is 42.6 Å². The SMILES string of the molecule is CCC(CC)N1CC(C(=O)NCCOc2cccc(F)c2)CC1=O. The Bertz CT molecular complexity index is 575.